The molecule has 3 fully saturated rings. The SMILES string of the molecule is CC12CC(NC(=O)OCc3ccccc3)C(C)(O1)C1C(=O)N(c3ccc(C#N)c(C(F)(F)F)c3)C(=O)C12. The minimum absolute atomic E-state index is 0.0334. The van der Waals surface area contributed by atoms with E-state index in [1.165, 1.54) is 6.07 Å². The van der Waals surface area contributed by atoms with E-state index in [0.717, 1.165) is 22.6 Å². The number of hydrogen-bond donors (Lipinski definition) is 1. The van der Waals surface area contributed by atoms with E-state index in [1.54, 1.807) is 26.0 Å². The summed E-state index contributed by atoms with van der Waals surface area (Å²) in [4.78, 5) is 40.2. The molecule has 5 rings (SSSR count). The summed E-state index contributed by atoms with van der Waals surface area (Å²) in [6, 6.07) is 12.6. The fourth-order valence-electron chi connectivity index (χ4n) is 5.91. The summed E-state index contributed by atoms with van der Waals surface area (Å²) in [7, 11) is 0. The second kappa shape index (κ2) is 8.31. The Balaban J connectivity index is 1.39. The molecule has 3 heterocycles. The van der Waals surface area contributed by atoms with E-state index >= 15 is 0 Å². The first-order chi connectivity index (χ1) is 17.4. The predicted octanol–water partition coefficient (Wildman–Crippen LogP) is 3.93. The van der Waals surface area contributed by atoms with Crippen molar-refractivity contribution in [1.29, 1.82) is 5.26 Å². The number of carbonyl (C=O) groups excluding carboxylic acids is 3. The van der Waals surface area contributed by atoms with Crippen LogP contribution in [0.4, 0.5) is 23.7 Å². The summed E-state index contributed by atoms with van der Waals surface area (Å²) in [5, 5.41) is 11.8. The lowest BCUT2D eigenvalue weighted by molar-refractivity contribution is -0.138. The maximum Gasteiger partial charge on any atom is 0.417 e. The second-order valence-corrected chi connectivity index (χ2v) is 9.87. The summed E-state index contributed by atoms with van der Waals surface area (Å²) in [6.07, 6.45) is -5.36. The van der Waals surface area contributed by atoms with Crippen molar-refractivity contribution in [2.24, 2.45) is 11.8 Å². The minimum Gasteiger partial charge on any atom is -0.445 e. The number of rotatable bonds is 4. The van der Waals surface area contributed by atoms with Crippen molar-refractivity contribution in [2.45, 2.75) is 50.3 Å². The Hall–Kier alpha value is -3.91. The first kappa shape index (κ1) is 24.8. The molecule has 1 N–H and O–H groups in total. The topological polar surface area (TPSA) is 109 Å². The third kappa shape index (κ3) is 3.83. The van der Waals surface area contributed by atoms with Crippen LogP contribution in [0.1, 0.15) is 37.0 Å². The molecule has 0 aliphatic carbocycles. The van der Waals surface area contributed by atoms with E-state index in [4.69, 9.17) is 14.7 Å². The van der Waals surface area contributed by atoms with E-state index in [1.807, 2.05) is 18.2 Å². The van der Waals surface area contributed by atoms with Crippen LogP contribution in [0.15, 0.2) is 48.5 Å². The van der Waals surface area contributed by atoms with E-state index in [-0.39, 0.29) is 18.7 Å². The predicted molar refractivity (Wildman–Crippen MR) is 122 cm³/mol. The monoisotopic (exact) mass is 513 g/mol. The highest BCUT2D eigenvalue weighted by Crippen LogP contribution is 2.61. The van der Waals surface area contributed by atoms with Crippen LogP contribution in [0.25, 0.3) is 0 Å². The third-order valence-electron chi connectivity index (χ3n) is 7.53. The molecule has 0 spiro atoms. The normalized spacial score (nSPS) is 30.3. The molecule has 3 amide bonds. The van der Waals surface area contributed by atoms with Crippen molar-refractivity contribution >= 4 is 23.6 Å². The van der Waals surface area contributed by atoms with Gasteiger partial charge in [0.2, 0.25) is 11.8 Å². The van der Waals surface area contributed by atoms with Crippen molar-refractivity contribution in [1.82, 2.24) is 5.32 Å². The number of anilines is 1. The number of amides is 3. The molecule has 5 unspecified atom stereocenters. The van der Waals surface area contributed by atoms with Gasteiger partial charge in [0.05, 0.1) is 52.0 Å². The lowest BCUT2D eigenvalue weighted by Gasteiger charge is -2.35. The number of imide groups is 1. The number of hydrogen-bond acceptors (Lipinski definition) is 6. The van der Waals surface area contributed by atoms with E-state index in [0.29, 0.717) is 6.07 Å². The summed E-state index contributed by atoms with van der Waals surface area (Å²) >= 11 is 0. The van der Waals surface area contributed by atoms with Gasteiger partial charge in [-0.05, 0) is 37.6 Å². The van der Waals surface area contributed by atoms with Crippen LogP contribution in [-0.2, 0) is 31.8 Å². The maximum absolute atomic E-state index is 13.5. The van der Waals surface area contributed by atoms with Gasteiger partial charge in [0.1, 0.15) is 6.61 Å². The molecule has 0 radical (unpaired) electrons. The number of carbonyl (C=O) groups is 3. The number of nitrogens with one attached hydrogen (secondary N) is 1. The molecular formula is C26H22F3N3O5. The van der Waals surface area contributed by atoms with Gasteiger partial charge in [-0.1, -0.05) is 30.3 Å². The molecule has 192 valence electrons. The Morgan fingerprint density at radius 1 is 1.16 bits per heavy atom. The van der Waals surface area contributed by atoms with Crippen molar-refractivity contribution < 1.29 is 37.0 Å². The molecule has 0 saturated carbocycles. The van der Waals surface area contributed by atoms with Gasteiger partial charge in [-0.15, -0.1) is 0 Å². The molecule has 3 aliphatic heterocycles. The molecule has 0 aromatic heterocycles. The molecule has 5 atom stereocenters. The van der Waals surface area contributed by atoms with Gasteiger partial charge < -0.3 is 14.8 Å². The number of alkyl carbamates (subject to hydrolysis) is 1. The van der Waals surface area contributed by atoms with Crippen molar-refractivity contribution in [2.75, 3.05) is 4.90 Å². The summed E-state index contributed by atoms with van der Waals surface area (Å²) in [5.41, 5.74) is -3.75. The molecule has 11 heteroatoms. The zero-order valence-corrected chi connectivity index (χ0v) is 19.8. The fraction of sp³-hybridized carbons (Fsp3) is 0.385. The Morgan fingerprint density at radius 2 is 1.84 bits per heavy atom. The number of nitriles is 1. The average Bonchev–Trinajstić information content (AvgIpc) is 3.37. The average molecular weight is 513 g/mol. The molecule has 3 saturated heterocycles. The van der Waals surface area contributed by atoms with Crippen LogP contribution in [0, 0.1) is 23.2 Å². The number of nitrogens with zero attached hydrogens (tertiary/aromatic N) is 2. The van der Waals surface area contributed by atoms with Gasteiger partial charge in [0.25, 0.3) is 0 Å². The largest absolute Gasteiger partial charge is 0.445 e. The van der Waals surface area contributed by atoms with Crippen LogP contribution in [-0.4, -0.2) is 35.2 Å². The zero-order valence-electron chi connectivity index (χ0n) is 19.8. The standard InChI is InChI=1S/C26H22F3N3O5/c1-24-11-18(31-23(35)36-13-14-6-4-3-5-7-14)25(2,37-24)20-19(24)21(33)32(22(20)34)16-9-8-15(12-30)17(10-16)26(27,28)29/h3-10,18-20H,11,13H2,1-2H3,(H,31,35). The summed E-state index contributed by atoms with van der Waals surface area (Å²) in [6.45, 7) is 3.30. The zero-order chi connectivity index (χ0) is 26.8. The number of alkyl halides is 3. The first-order valence-electron chi connectivity index (χ1n) is 11.6. The van der Waals surface area contributed by atoms with Gasteiger partial charge >= 0.3 is 12.3 Å². The highest BCUT2D eigenvalue weighted by molar-refractivity contribution is 6.23. The van der Waals surface area contributed by atoms with Gasteiger partial charge in [-0.25, -0.2) is 9.69 Å². The Bertz CT molecular complexity index is 1340. The van der Waals surface area contributed by atoms with Gasteiger partial charge in [-0.3, -0.25) is 9.59 Å². The van der Waals surface area contributed by atoms with Gasteiger partial charge in [-0.2, -0.15) is 18.4 Å². The van der Waals surface area contributed by atoms with Crippen LogP contribution >= 0.6 is 0 Å². The van der Waals surface area contributed by atoms with Crippen molar-refractivity contribution in [3.05, 3.63) is 65.2 Å². The number of benzene rings is 2. The van der Waals surface area contributed by atoms with Gasteiger partial charge in [0.15, 0.2) is 0 Å². The number of ether oxygens (including phenoxy) is 2. The smallest absolute Gasteiger partial charge is 0.417 e. The number of fused-ring (bicyclic) bond motifs is 5. The molecule has 3 aliphatic rings. The maximum atomic E-state index is 13.5. The van der Waals surface area contributed by atoms with E-state index in [9.17, 15) is 27.6 Å². The van der Waals surface area contributed by atoms with E-state index in [2.05, 4.69) is 5.32 Å². The van der Waals surface area contributed by atoms with Crippen LogP contribution in [0.3, 0.4) is 0 Å². The van der Waals surface area contributed by atoms with Crippen LogP contribution in [0.2, 0.25) is 0 Å². The van der Waals surface area contributed by atoms with Crippen molar-refractivity contribution in [3.63, 3.8) is 0 Å². The highest BCUT2D eigenvalue weighted by atomic mass is 19.4. The minimum atomic E-state index is -4.85. The molecule has 2 bridgehead atoms. The molecule has 2 aromatic rings. The van der Waals surface area contributed by atoms with Crippen LogP contribution < -0.4 is 10.2 Å². The lowest BCUT2D eigenvalue weighted by atomic mass is 9.66. The molecule has 2 aromatic carbocycles. The quantitative estimate of drug-likeness (QED) is 0.621. The van der Waals surface area contributed by atoms with Crippen molar-refractivity contribution in [3.8, 4) is 6.07 Å². The Kier molecular flexibility index (Phi) is 5.56. The Morgan fingerprint density at radius 3 is 2.49 bits per heavy atom. The van der Waals surface area contributed by atoms with Gasteiger partial charge in [0, 0.05) is 6.42 Å². The molecular weight excluding hydrogens is 491 g/mol. The lowest BCUT2D eigenvalue weighted by Crippen LogP contribution is -2.56. The summed E-state index contributed by atoms with van der Waals surface area (Å²) in [5.74, 6) is -3.36. The second-order valence-electron chi connectivity index (χ2n) is 9.87. The molecule has 8 nitrogen and oxygen atoms in total. The third-order valence-corrected chi connectivity index (χ3v) is 7.53. The molecule has 37 heavy (non-hydrogen) atoms. The Labute approximate surface area is 209 Å². The fourth-order valence-corrected chi connectivity index (χ4v) is 5.91. The highest BCUT2D eigenvalue weighted by Gasteiger charge is 2.76. The van der Waals surface area contributed by atoms with E-state index < -0.39 is 64.3 Å². The first-order valence-corrected chi connectivity index (χ1v) is 11.6. The summed E-state index contributed by atoms with van der Waals surface area (Å²) < 4.78 is 52.0. The van der Waals surface area contributed by atoms with Crippen LogP contribution in [0.5, 0.6) is 0 Å². The number of halogens is 3.